The molecule has 4 rings (SSSR count). The van der Waals surface area contributed by atoms with E-state index in [1.54, 1.807) is 0 Å². The molecule has 0 saturated heterocycles. The number of fused-ring (bicyclic) bond motifs is 1. The molecule has 6 heteroatoms. The Hall–Kier alpha value is -2.73. The molecule has 0 spiro atoms. The first kappa shape index (κ1) is 14.8. The molecule has 2 N–H and O–H groups in total. The minimum atomic E-state index is -0.0376. The molecule has 0 fully saturated rings. The number of benzene rings is 1. The van der Waals surface area contributed by atoms with Crippen LogP contribution < -0.4 is 5.56 Å². The van der Waals surface area contributed by atoms with E-state index in [1.165, 1.54) is 0 Å². The normalized spacial score (nSPS) is 14.5. The van der Waals surface area contributed by atoms with Gasteiger partial charge in [-0.1, -0.05) is 30.3 Å². The van der Waals surface area contributed by atoms with Crippen LogP contribution in [0.1, 0.15) is 22.8 Å². The van der Waals surface area contributed by atoms with E-state index in [0.717, 1.165) is 47.8 Å². The summed E-state index contributed by atoms with van der Waals surface area (Å²) in [4.78, 5) is 29.8. The van der Waals surface area contributed by atoms with E-state index in [9.17, 15) is 4.79 Å². The molecule has 0 bridgehead atoms. The lowest BCUT2D eigenvalue weighted by molar-refractivity contribution is 0.239. The van der Waals surface area contributed by atoms with E-state index in [1.807, 2.05) is 43.5 Å². The van der Waals surface area contributed by atoms with Gasteiger partial charge in [-0.15, -0.1) is 0 Å². The van der Waals surface area contributed by atoms with Crippen LogP contribution >= 0.6 is 0 Å². The number of aryl methyl sites for hydroxylation is 1. The first-order valence-electron chi connectivity index (χ1n) is 8.09. The van der Waals surface area contributed by atoms with Crippen LogP contribution in [-0.4, -0.2) is 31.4 Å². The monoisotopic (exact) mass is 321 g/mol. The predicted octanol–water partition coefficient (Wildman–Crippen LogP) is 2.03. The summed E-state index contributed by atoms with van der Waals surface area (Å²) in [6.07, 6.45) is 2.64. The Balaban J connectivity index is 1.59. The summed E-state index contributed by atoms with van der Waals surface area (Å²) in [6.45, 7) is 4.20. The summed E-state index contributed by atoms with van der Waals surface area (Å²) < 4.78 is 0. The highest BCUT2D eigenvalue weighted by molar-refractivity contribution is 5.54. The Bertz CT molecular complexity index is 913. The van der Waals surface area contributed by atoms with Crippen LogP contribution in [0.5, 0.6) is 0 Å². The van der Waals surface area contributed by atoms with Crippen LogP contribution in [0, 0.1) is 6.92 Å². The fraction of sp³-hybridized carbons (Fsp3) is 0.278. The molecule has 0 amide bonds. The summed E-state index contributed by atoms with van der Waals surface area (Å²) in [5.74, 6) is 1.56. The number of nitrogens with one attached hydrogen (secondary N) is 2. The minimum absolute atomic E-state index is 0.0376. The van der Waals surface area contributed by atoms with Gasteiger partial charge < -0.3 is 9.97 Å². The van der Waals surface area contributed by atoms with Crippen molar-refractivity contribution >= 4 is 0 Å². The molecule has 3 heterocycles. The third kappa shape index (κ3) is 2.88. The van der Waals surface area contributed by atoms with Gasteiger partial charge in [0, 0.05) is 43.5 Å². The number of nitrogens with zero attached hydrogens (tertiary/aromatic N) is 3. The van der Waals surface area contributed by atoms with E-state index in [0.29, 0.717) is 12.4 Å². The number of rotatable bonds is 3. The van der Waals surface area contributed by atoms with Crippen molar-refractivity contribution in [3.63, 3.8) is 0 Å². The second-order valence-corrected chi connectivity index (χ2v) is 6.16. The Morgan fingerprint density at radius 1 is 1.21 bits per heavy atom. The van der Waals surface area contributed by atoms with Crippen molar-refractivity contribution in [1.82, 2.24) is 24.8 Å². The van der Waals surface area contributed by atoms with E-state index in [2.05, 4.69) is 24.8 Å². The minimum Gasteiger partial charge on any atom is -0.345 e. The molecule has 1 aliphatic rings. The molecule has 0 atom stereocenters. The maximum absolute atomic E-state index is 12.5. The number of aromatic nitrogens is 4. The largest absolute Gasteiger partial charge is 0.345 e. The summed E-state index contributed by atoms with van der Waals surface area (Å²) in [5, 5.41) is 0. The lowest BCUT2D eigenvalue weighted by Gasteiger charge is -2.27. The maximum Gasteiger partial charge on any atom is 0.255 e. The number of imidazole rings is 1. The maximum atomic E-state index is 12.5. The van der Waals surface area contributed by atoms with Crippen LogP contribution in [0.15, 0.2) is 41.3 Å². The van der Waals surface area contributed by atoms with E-state index < -0.39 is 0 Å². The van der Waals surface area contributed by atoms with Crippen molar-refractivity contribution in [3.05, 3.63) is 69.7 Å². The third-order valence-electron chi connectivity index (χ3n) is 4.34. The highest BCUT2D eigenvalue weighted by Crippen LogP contribution is 2.19. The average molecular weight is 321 g/mol. The van der Waals surface area contributed by atoms with Gasteiger partial charge in [0.05, 0.1) is 11.3 Å². The van der Waals surface area contributed by atoms with Gasteiger partial charge in [-0.2, -0.15) is 0 Å². The molecule has 0 radical (unpaired) electrons. The molecule has 3 aromatic rings. The number of hydrogen-bond donors (Lipinski definition) is 2. The van der Waals surface area contributed by atoms with Gasteiger partial charge in [-0.05, 0) is 6.92 Å². The number of hydrogen-bond acceptors (Lipinski definition) is 4. The standard InChI is InChI=1S/C18H19N5O/c1-12-19-9-14(20-12)10-23-8-7-16-15(11-23)18(24)22-17(21-16)13-5-3-2-4-6-13/h2-6,9H,7-8,10-11H2,1H3,(H,19,20)(H,21,22,24). The molecule has 24 heavy (non-hydrogen) atoms. The van der Waals surface area contributed by atoms with Gasteiger partial charge in [0.25, 0.3) is 5.56 Å². The first-order valence-corrected chi connectivity index (χ1v) is 8.09. The van der Waals surface area contributed by atoms with Gasteiger partial charge >= 0.3 is 0 Å². The van der Waals surface area contributed by atoms with E-state index >= 15 is 0 Å². The van der Waals surface area contributed by atoms with E-state index in [-0.39, 0.29) is 5.56 Å². The zero-order valence-electron chi connectivity index (χ0n) is 13.5. The fourth-order valence-corrected chi connectivity index (χ4v) is 3.14. The first-order chi connectivity index (χ1) is 11.7. The molecule has 0 aliphatic carbocycles. The zero-order chi connectivity index (χ0) is 16.5. The van der Waals surface area contributed by atoms with Gasteiger partial charge in [0.15, 0.2) is 0 Å². The second kappa shape index (κ2) is 6.05. The molecule has 0 saturated carbocycles. The molecule has 6 nitrogen and oxygen atoms in total. The Morgan fingerprint density at radius 2 is 2.04 bits per heavy atom. The topological polar surface area (TPSA) is 77.7 Å². The number of aromatic amines is 2. The quantitative estimate of drug-likeness (QED) is 0.774. The SMILES string of the molecule is Cc1ncc(CN2CCc3nc(-c4ccccc4)[nH]c(=O)c3C2)[nH]1. The van der Waals surface area contributed by atoms with Crippen molar-refractivity contribution in [3.8, 4) is 11.4 Å². The fourth-order valence-electron chi connectivity index (χ4n) is 3.14. The van der Waals surface area contributed by atoms with Crippen LogP contribution in [0.4, 0.5) is 0 Å². The molecular formula is C18H19N5O. The molecule has 122 valence electrons. The lowest BCUT2D eigenvalue weighted by atomic mass is 10.1. The average Bonchev–Trinajstić information content (AvgIpc) is 3.01. The van der Waals surface area contributed by atoms with Crippen LogP contribution in [0.2, 0.25) is 0 Å². The van der Waals surface area contributed by atoms with Crippen LogP contribution in [0.25, 0.3) is 11.4 Å². The molecular weight excluding hydrogens is 302 g/mol. The van der Waals surface area contributed by atoms with Gasteiger partial charge in [0.1, 0.15) is 11.6 Å². The van der Waals surface area contributed by atoms with Gasteiger partial charge in [-0.25, -0.2) is 9.97 Å². The predicted molar refractivity (Wildman–Crippen MR) is 91.4 cm³/mol. The van der Waals surface area contributed by atoms with Crippen LogP contribution in [0.3, 0.4) is 0 Å². The summed E-state index contributed by atoms with van der Waals surface area (Å²) in [5.41, 5.74) is 3.66. The molecule has 2 aromatic heterocycles. The lowest BCUT2D eigenvalue weighted by Crippen LogP contribution is -2.35. The Morgan fingerprint density at radius 3 is 2.79 bits per heavy atom. The Kier molecular flexibility index (Phi) is 3.74. The summed E-state index contributed by atoms with van der Waals surface area (Å²) in [7, 11) is 0. The van der Waals surface area contributed by atoms with Crippen molar-refractivity contribution in [2.75, 3.05) is 6.54 Å². The van der Waals surface area contributed by atoms with Gasteiger partial charge in [0.2, 0.25) is 0 Å². The molecule has 1 aliphatic heterocycles. The zero-order valence-corrected chi connectivity index (χ0v) is 13.5. The van der Waals surface area contributed by atoms with Crippen molar-refractivity contribution in [2.24, 2.45) is 0 Å². The number of H-pyrrole nitrogens is 2. The smallest absolute Gasteiger partial charge is 0.255 e. The highest BCUT2D eigenvalue weighted by atomic mass is 16.1. The van der Waals surface area contributed by atoms with Crippen LogP contribution in [-0.2, 0) is 19.5 Å². The van der Waals surface area contributed by atoms with Crippen molar-refractivity contribution in [2.45, 2.75) is 26.4 Å². The summed E-state index contributed by atoms with van der Waals surface area (Å²) in [6, 6.07) is 9.77. The molecule has 0 unspecified atom stereocenters. The van der Waals surface area contributed by atoms with E-state index in [4.69, 9.17) is 0 Å². The summed E-state index contributed by atoms with van der Waals surface area (Å²) >= 11 is 0. The van der Waals surface area contributed by atoms with Crippen molar-refractivity contribution < 1.29 is 0 Å². The van der Waals surface area contributed by atoms with Crippen molar-refractivity contribution in [1.29, 1.82) is 0 Å². The third-order valence-corrected chi connectivity index (χ3v) is 4.34. The second-order valence-electron chi connectivity index (χ2n) is 6.16. The van der Waals surface area contributed by atoms with Gasteiger partial charge in [-0.3, -0.25) is 9.69 Å². The molecule has 1 aromatic carbocycles. The highest BCUT2D eigenvalue weighted by Gasteiger charge is 2.21. The Labute approximate surface area is 139 Å².